The van der Waals surface area contributed by atoms with Crippen molar-refractivity contribution < 1.29 is 19.1 Å². The fourth-order valence-corrected chi connectivity index (χ4v) is 3.88. The van der Waals surface area contributed by atoms with Crippen LogP contribution in [0.15, 0.2) is 23.2 Å². The van der Waals surface area contributed by atoms with Gasteiger partial charge in [-0.15, -0.1) is 0 Å². The van der Waals surface area contributed by atoms with Gasteiger partial charge in [-0.2, -0.15) is 0 Å². The molecule has 2 amide bonds. The Bertz CT molecular complexity index is 713. The number of amides is 2. The number of benzene rings is 1. The number of urea groups is 1. The van der Waals surface area contributed by atoms with E-state index >= 15 is 0 Å². The van der Waals surface area contributed by atoms with E-state index in [1.807, 2.05) is 12.1 Å². The van der Waals surface area contributed by atoms with Gasteiger partial charge >= 0.3 is 6.03 Å². The van der Waals surface area contributed by atoms with Gasteiger partial charge < -0.3 is 14.8 Å². The highest BCUT2D eigenvalue weighted by Crippen LogP contribution is 2.47. The zero-order valence-corrected chi connectivity index (χ0v) is 14.2. The van der Waals surface area contributed by atoms with Crippen LogP contribution in [0.25, 0.3) is 0 Å². The predicted molar refractivity (Wildman–Crippen MR) is 89.8 cm³/mol. The number of carbonyl (C=O) groups is 2. The van der Waals surface area contributed by atoms with Gasteiger partial charge in [0.1, 0.15) is 5.78 Å². The Labute approximate surface area is 141 Å². The highest BCUT2D eigenvalue weighted by atomic mass is 16.5. The molecule has 128 valence electrons. The molecule has 1 N–H and O–H groups in total. The van der Waals surface area contributed by atoms with Gasteiger partial charge in [-0.3, -0.25) is 4.79 Å². The number of methoxy groups -OCH3 is 2. The molecule has 1 saturated carbocycles. The van der Waals surface area contributed by atoms with Crippen LogP contribution in [0.5, 0.6) is 11.5 Å². The van der Waals surface area contributed by atoms with Crippen molar-refractivity contribution in [2.45, 2.75) is 38.6 Å². The van der Waals surface area contributed by atoms with E-state index in [9.17, 15) is 9.59 Å². The molecule has 0 radical (unpaired) electrons. The number of Topliss-reactive ketones (excluding diaryl/α,β-unsaturated/α-hetero) is 1. The van der Waals surface area contributed by atoms with Crippen molar-refractivity contribution in [1.29, 1.82) is 0 Å². The molecule has 2 aliphatic rings. The largest absolute Gasteiger partial charge is 0.493 e. The lowest BCUT2D eigenvalue weighted by Gasteiger charge is -2.44. The van der Waals surface area contributed by atoms with E-state index in [2.05, 4.69) is 10.3 Å². The van der Waals surface area contributed by atoms with Gasteiger partial charge in [-0.05, 0) is 37.5 Å². The van der Waals surface area contributed by atoms with E-state index in [1.165, 1.54) is 0 Å². The molecular weight excluding hydrogens is 308 g/mol. The van der Waals surface area contributed by atoms with Crippen LogP contribution in [-0.2, 0) is 4.79 Å². The van der Waals surface area contributed by atoms with Gasteiger partial charge in [-0.25, -0.2) is 9.79 Å². The molecule has 1 aliphatic carbocycles. The molecule has 1 fully saturated rings. The average Bonchev–Trinajstić information content (AvgIpc) is 2.59. The van der Waals surface area contributed by atoms with Gasteiger partial charge in [-0.1, -0.05) is 12.5 Å². The van der Waals surface area contributed by atoms with Gasteiger partial charge in [0.25, 0.3) is 0 Å². The van der Waals surface area contributed by atoms with E-state index in [1.54, 1.807) is 27.2 Å². The van der Waals surface area contributed by atoms with Crippen molar-refractivity contribution in [2.24, 2.45) is 10.4 Å². The third-order valence-corrected chi connectivity index (χ3v) is 5.14. The van der Waals surface area contributed by atoms with Crippen LogP contribution in [-0.4, -0.2) is 31.7 Å². The zero-order valence-electron chi connectivity index (χ0n) is 14.2. The number of ether oxygens (including phenoxy) is 2. The number of hydrogen-bond donors (Lipinski definition) is 1. The molecule has 0 aromatic heterocycles. The van der Waals surface area contributed by atoms with E-state index < -0.39 is 17.5 Å². The summed E-state index contributed by atoms with van der Waals surface area (Å²) in [6.45, 7) is 1.79. The second kappa shape index (κ2) is 6.26. The van der Waals surface area contributed by atoms with Gasteiger partial charge in [0, 0.05) is 12.1 Å². The standard InChI is InChI=1S/C18H22N2O4/c1-11-18(9-5-4-6-15(18)21)16(20-17(22)19-11)12-7-8-13(23-2)14(10-12)24-3/h7-8,10,16H,4-6,9H2,1-3H3,(H,20,22). The highest BCUT2D eigenvalue weighted by molar-refractivity contribution is 6.14. The Kier molecular flexibility index (Phi) is 4.30. The molecule has 1 spiro atoms. The SMILES string of the molecule is COc1ccc(C2NC(=O)N=C(C)C23CCCCC3=O)cc1OC. The van der Waals surface area contributed by atoms with Crippen LogP contribution in [0.2, 0.25) is 0 Å². The molecule has 24 heavy (non-hydrogen) atoms. The minimum atomic E-state index is -0.758. The van der Waals surface area contributed by atoms with Gasteiger partial charge in [0.05, 0.1) is 25.7 Å². The summed E-state index contributed by atoms with van der Waals surface area (Å²) in [7, 11) is 3.14. The maximum atomic E-state index is 12.9. The fraction of sp³-hybridized carbons (Fsp3) is 0.500. The fourth-order valence-electron chi connectivity index (χ4n) is 3.88. The molecule has 0 bridgehead atoms. The molecule has 6 heteroatoms. The topological polar surface area (TPSA) is 77.0 Å². The lowest BCUT2D eigenvalue weighted by molar-refractivity contribution is -0.129. The second-order valence-electron chi connectivity index (χ2n) is 6.30. The monoisotopic (exact) mass is 330 g/mol. The van der Waals surface area contributed by atoms with Gasteiger partial charge in [0.2, 0.25) is 0 Å². The molecule has 1 aromatic carbocycles. The molecule has 2 atom stereocenters. The quantitative estimate of drug-likeness (QED) is 0.924. The normalized spacial score (nSPS) is 26.8. The molecule has 3 rings (SSSR count). The van der Waals surface area contributed by atoms with Crippen LogP contribution in [0.3, 0.4) is 0 Å². The predicted octanol–water partition coefficient (Wildman–Crippen LogP) is 3.06. The van der Waals surface area contributed by atoms with Gasteiger partial charge in [0.15, 0.2) is 11.5 Å². The molecule has 2 unspecified atom stereocenters. The maximum absolute atomic E-state index is 12.9. The number of nitrogens with one attached hydrogen (secondary N) is 1. The van der Waals surface area contributed by atoms with E-state index in [0.29, 0.717) is 30.1 Å². The minimum Gasteiger partial charge on any atom is -0.493 e. The Morgan fingerprint density at radius 3 is 2.58 bits per heavy atom. The number of nitrogens with zero attached hydrogens (tertiary/aromatic N) is 1. The summed E-state index contributed by atoms with van der Waals surface area (Å²) in [5.41, 5.74) is 0.674. The zero-order chi connectivity index (χ0) is 17.3. The first-order chi connectivity index (χ1) is 11.5. The van der Waals surface area contributed by atoms with Crippen molar-refractivity contribution in [1.82, 2.24) is 5.32 Å². The number of ketones is 1. The number of aliphatic imine (C=N–C) groups is 1. The van der Waals surface area contributed by atoms with E-state index in [4.69, 9.17) is 9.47 Å². The Morgan fingerprint density at radius 1 is 1.17 bits per heavy atom. The van der Waals surface area contributed by atoms with Crippen molar-refractivity contribution in [3.05, 3.63) is 23.8 Å². The number of hydrogen-bond acceptors (Lipinski definition) is 4. The van der Waals surface area contributed by atoms with Crippen molar-refractivity contribution in [3.8, 4) is 11.5 Å². The number of rotatable bonds is 3. The second-order valence-corrected chi connectivity index (χ2v) is 6.30. The minimum absolute atomic E-state index is 0.148. The smallest absolute Gasteiger partial charge is 0.341 e. The van der Waals surface area contributed by atoms with Crippen LogP contribution >= 0.6 is 0 Å². The van der Waals surface area contributed by atoms with E-state index in [0.717, 1.165) is 18.4 Å². The first-order valence-electron chi connectivity index (χ1n) is 8.14. The summed E-state index contributed by atoms with van der Waals surface area (Å²) in [5.74, 6) is 1.33. The van der Waals surface area contributed by atoms with Crippen molar-refractivity contribution in [2.75, 3.05) is 14.2 Å². The van der Waals surface area contributed by atoms with Crippen molar-refractivity contribution >= 4 is 17.5 Å². The maximum Gasteiger partial charge on any atom is 0.341 e. The van der Waals surface area contributed by atoms with Crippen LogP contribution < -0.4 is 14.8 Å². The molecule has 1 aliphatic heterocycles. The third-order valence-electron chi connectivity index (χ3n) is 5.14. The highest BCUT2D eigenvalue weighted by Gasteiger charge is 2.52. The molecule has 1 aromatic rings. The Morgan fingerprint density at radius 2 is 1.92 bits per heavy atom. The van der Waals surface area contributed by atoms with Crippen molar-refractivity contribution in [3.63, 3.8) is 0 Å². The lowest BCUT2D eigenvalue weighted by atomic mass is 9.63. The average molecular weight is 330 g/mol. The van der Waals surface area contributed by atoms with Crippen LogP contribution in [0.1, 0.15) is 44.2 Å². The summed E-state index contributed by atoms with van der Waals surface area (Å²) in [4.78, 5) is 28.9. The first-order valence-corrected chi connectivity index (χ1v) is 8.14. The number of carbonyl (C=O) groups excluding carboxylic acids is 2. The first kappa shape index (κ1) is 16.5. The molecule has 6 nitrogen and oxygen atoms in total. The summed E-state index contributed by atoms with van der Waals surface area (Å²) >= 11 is 0. The van der Waals surface area contributed by atoms with E-state index in [-0.39, 0.29) is 5.78 Å². The molecule has 0 saturated heterocycles. The van der Waals surface area contributed by atoms with Crippen LogP contribution in [0.4, 0.5) is 4.79 Å². The Hall–Kier alpha value is -2.37. The molecule has 1 heterocycles. The summed E-state index contributed by atoms with van der Waals surface area (Å²) in [6.07, 6.45) is 3.05. The Balaban J connectivity index is 2.12. The summed E-state index contributed by atoms with van der Waals surface area (Å²) < 4.78 is 10.6. The summed E-state index contributed by atoms with van der Waals surface area (Å²) in [5, 5.41) is 2.90. The third kappa shape index (κ3) is 2.46. The van der Waals surface area contributed by atoms with Crippen LogP contribution in [0, 0.1) is 5.41 Å². The molecular formula is C18H22N2O4. The lowest BCUT2D eigenvalue weighted by Crippen LogP contribution is -2.54. The summed E-state index contributed by atoms with van der Waals surface area (Å²) in [6, 6.07) is 4.65.